The number of hydrogen-bond donors (Lipinski definition) is 1. The van der Waals surface area contributed by atoms with Crippen LogP contribution in [0.4, 0.5) is 20.8 Å². The Bertz CT molecular complexity index is 1970. The summed E-state index contributed by atoms with van der Waals surface area (Å²) in [6.07, 6.45) is 2.70. The Morgan fingerprint density at radius 3 is 2.43 bits per heavy atom. The predicted molar refractivity (Wildman–Crippen MR) is 164 cm³/mol. The van der Waals surface area contributed by atoms with Crippen molar-refractivity contribution in [1.82, 2.24) is 24.9 Å². The number of hydrogen-bond acceptors (Lipinski definition) is 12. The predicted octanol–water partition coefficient (Wildman–Crippen LogP) is 4.95. The number of halogens is 1. The van der Waals surface area contributed by atoms with Crippen molar-refractivity contribution in [2.24, 2.45) is 0 Å². The van der Waals surface area contributed by atoms with E-state index < -0.39 is 34.1 Å². The number of aryl methyl sites for hydroxylation is 1. The maximum atomic E-state index is 15.1. The van der Waals surface area contributed by atoms with Gasteiger partial charge in [0.15, 0.2) is 11.6 Å². The molecule has 44 heavy (non-hydrogen) atoms. The number of benzene rings is 2. The molecule has 1 N–H and O–H groups in total. The minimum absolute atomic E-state index is 0.0197. The van der Waals surface area contributed by atoms with Crippen LogP contribution in [0.3, 0.4) is 0 Å². The third kappa shape index (κ3) is 6.60. The Labute approximate surface area is 256 Å². The molecule has 2 atom stereocenters. The summed E-state index contributed by atoms with van der Waals surface area (Å²) in [4.78, 5) is 33.9. The van der Waals surface area contributed by atoms with Crippen LogP contribution in [0, 0.1) is 12.7 Å². The van der Waals surface area contributed by atoms with E-state index in [0.29, 0.717) is 32.1 Å². The maximum absolute atomic E-state index is 15.1. The van der Waals surface area contributed by atoms with Gasteiger partial charge in [-0.15, -0.1) is 11.3 Å². The molecule has 5 aromatic rings. The topological polar surface area (TPSA) is 159 Å². The van der Waals surface area contributed by atoms with E-state index in [-0.39, 0.29) is 17.4 Å². The number of ether oxygens (including phenoxy) is 3. The number of fused-ring (bicyclic) bond motifs is 2. The van der Waals surface area contributed by atoms with Gasteiger partial charge >= 0.3 is 6.09 Å². The molecule has 0 saturated heterocycles. The van der Waals surface area contributed by atoms with Crippen LogP contribution >= 0.6 is 11.3 Å². The molecule has 0 spiro atoms. The SMILES string of the molecule is COc1cnc2c(-c3nc4cc(F)c(O[C@@H](C)[C@@H](C)OC(=O)Nc5cnc(N(C)S(C)(=O)=O)nc5)cc4s3)cc(C)cc2n1. The number of amides is 1. The zero-order valence-corrected chi connectivity index (χ0v) is 26.2. The number of sulfonamides is 1. The molecule has 0 radical (unpaired) electrons. The number of carbonyl (C=O) groups excluding carboxylic acids is 1. The lowest BCUT2D eigenvalue weighted by atomic mass is 10.1. The molecule has 13 nitrogen and oxygen atoms in total. The van der Waals surface area contributed by atoms with E-state index >= 15 is 4.39 Å². The maximum Gasteiger partial charge on any atom is 0.412 e. The zero-order chi connectivity index (χ0) is 31.8. The van der Waals surface area contributed by atoms with Crippen LogP contribution in [0.25, 0.3) is 31.8 Å². The second-order valence-corrected chi connectivity index (χ2v) is 13.0. The van der Waals surface area contributed by atoms with Crippen molar-refractivity contribution in [3.05, 3.63) is 54.2 Å². The lowest BCUT2D eigenvalue weighted by Gasteiger charge is -2.22. The summed E-state index contributed by atoms with van der Waals surface area (Å²) in [5.41, 5.74) is 3.67. The van der Waals surface area contributed by atoms with Crippen molar-refractivity contribution in [3.8, 4) is 22.2 Å². The number of aromatic nitrogens is 5. The van der Waals surface area contributed by atoms with E-state index in [4.69, 9.17) is 14.2 Å². The molecule has 0 unspecified atom stereocenters. The van der Waals surface area contributed by atoms with Crippen LogP contribution in [0.1, 0.15) is 19.4 Å². The Kier molecular flexibility index (Phi) is 8.47. The highest BCUT2D eigenvalue weighted by atomic mass is 32.2. The van der Waals surface area contributed by atoms with Crippen LogP contribution in [-0.2, 0) is 14.8 Å². The van der Waals surface area contributed by atoms with Gasteiger partial charge in [-0.3, -0.25) is 5.32 Å². The van der Waals surface area contributed by atoms with Crippen LogP contribution in [0.5, 0.6) is 11.6 Å². The van der Waals surface area contributed by atoms with Gasteiger partial charge in [0.05, 0.1) is 58.9 Å². The van der Waals surface area contributed by atoms with E-state index in [1.165, 1.54) is 50.2 Å². The molecule has 0 aliphatic rings. The molecular weight excluding hydrogens is 613 g/mol. The molecule has 5 rings (SSSR count). The lowest BCUT2D eigenvalue weighted by Crippen LogP contribution is -2.32. The van der Waals surface area contributed by atoms with E-state index in [9.17, 15) is 13.2 Å². The van der Waals surface area contributed by atoms with Crippen molar-refractivity contribution in [3.63, 3.8) is 0 Å². The number of carbonyl (C=O) groups is 1. The van der Waals surface area contributed by atoms with Crippen LogP contribution < -0.4 is 19.1 Å². The Morgan fingerprint density at radius 1 is 1.02 bits per heavy atom. The first-order chi connectivity index (χ1) is 20.8. The summed E-state index contributed by atoms with van der Waals surface area (Å²) in [7, 11) is -0.705. The number of nitrogens with one attached hydrogen (secondary N) is 1. The molecule has 0 fully saturated rings. The second-order valence-electron chi connectivity index (χ2n) is 9.92. The second kappa shape index (κ2) is 12.1. The first kappa shape index (κ1) is 30.7. The lowest BCUT2D eigenvalue weighted by molar-refractivity contribution is 0.0402. The summed E-state index contributed by atoms with van der Waals surface area (Å²) >= 11 is 1.36. The molecule has 2 aromatic carbocycles. The molecule has 0 bridgehead atoms. The van der Waals surface area contributed by atoms with Gasteiger partial charge in [-0.25, -0.2) is 46.8 Å². The average molecular weight is 642 g/mol. The summed E-state index contributed by atoms with van der Waals surface area (Å²) in [6.45, 7) is 5.19. The fraction of sp³-hybridized carbons (Fsp3) is 0.286. The molecule has 230 valence electrons. The molecule has 1 amide bonds. The summed E-state index contributed by atoms with van der Waals surface area (Å²) in [5, 5.41) is 3.11. The fourth-order valence-electron chi connectivity index (χ4n) is 4.05. The van der Waals surface area contributed by atoms with E-state index in [0.717, 1.165) is 21.7 Å². The van der Waals surface area contributed by atoms with Crippen LogP contribution in [0.15, 0.2) is 42.9 Å². The summed E-state index contributed by atoms with van der Waals surface area (Å²) < 4.78 is 56.4. The minimum atomic E-state index is -3.54. The van der Waals surface area contributed by atoms with Gasteiger partial charge in [-0.05, 0) is 38.5 Å². The van der Waals surface area contributed by atoms with E-state index in [1.807, 2.05) is 19.1 Å². The Morgan fingerprint density at radius 2 is 1.75 bits per heavy atom. The van der Waals surface area contributed by atoms with Crippen molar-refractivity contribution in [1.29, 1.82) is 0 Å². The summed E-state index contributed by atoms with van der Waals surface area (Å²) in [6, 6.07) is 6.72. The highest BCUT2D eigenvalue weighted by Crippen LogP contribution is 2.37. The first-order valence-electron chi connectivity index (χ1n) is 13.1. The molecule has 0 aliphatic heterocycles. The van der Waals surface area contributed by atoms with Crippen molar-refractivity contribution in [2.45, 2.75) is 33.0 Å². The minimum Gasteiger partial charge on any atom is -0.484 e. The van der Waals surface area contributed by atoms with Crippen LogP contribution in [-0.4, -0.2) is 72.1 Å². The average Bonchev–Trinajstić information content (AvgIpc) is 3.38. The first-order valence-corrected chi connectivity index (χ1v) is 15.8. The monoisotopic (exact) mass is 641 g/mol. The zero-order valence-electron chi connectivity index (χ0n) is 24.5. The fourth-order valence-corrected chi connectivity index (χ4v) is 5.43. The number of methoxy groups -OCH3 is 1. The van der Waals surface area contributed by atoms with Gasteiger partial charge < -0.3 is 14.2 Å². The molecule has 0 aliphatic carbocycles. The van der Waals surface area contributed by atoms with Gasteiger partial charge in [0.2, 0.25) is 21.9 Å². The van der Waals surface area contributed by atoms with Crippen molar-refractivity contribution in [2.75, 3.05) is 30.0 Å². The third-order valence-electron chi connectivity index (χ3n) is 6.58. The summed E-state index contributed by atoms with van der Waals surface area (Å²) in [5.74, 6) is -0.299. The number of anilines is 2. The Balaban J connectivity index is 1.28. The van der Waals surface area contributed by atoms with Crippen molar-refractivity contribution >= 4 is 60.3 Å². The van der Waals surface area contributed by atoms with E-state index in [1.54, 1.807) is 19.9 Å². The number of thiazole rings is 1. The van der Waals surface area contributed by atoms with Gasteiger partial charge in [-0.1, -0.05) is 0 Å². The van der Waals surface area contributed by atoms with Crippen LogP contribution in [0.2, 0.25) is 0 Å². The van der Waals surface area contributed by atoms with Gasteiger partial charge in [0.25, 0.3) is 0 Å². The molecule has 3 heterocycles. The quantitative estimate of drug-likeness (QED) is 0.232. The normalized spacial score (nSPS) is 13.0. The number of nitrogens with zero attached hydrogens (tertiary/aromatic N) is 6. The van der Waals surface area contributed by atoms with E-state index in [2.05, 4.69) is 30.2 Å². The number of rotatable bonds is 9. The molecular formula is C28H28FN7O6S2. The molecule has 3 aromatic heterocycles. The largest absolute Gasteiger partial charge is 0.484 e. The molecule has 0 saturated carbocycles. The smallest absolute Gasteiger partial charge is 0.412 e. The Hall–Kier alpha value is -4.70. The van der Waals surface area contributed by atoms with Gasteiger partial charge in [0, 0.05) is 24.7 Å². The highest BCUT2D eigenvalue weighted by molar-refractivity contribution is 7.92. The van der Waals surface area contributed by atoms with Crippen molar-refractivity contribution < 1.29 is 31.8 Å². The third-order valence-corrected chi connectivity index (χ3v) is 8.79. The molecule has 16 heteroatoms. The highest BCUT2D eigenvalue weighted by Gasteiger charge is 2.22. The standard InChI is InChI=1S/C28H28FN7O6S2/c1-14-7-18(25-21(8-14)34-24(40-5)13-30-25)26-35-20-9-19(29)22(10-23(20)43-26)41-15(2)16(3)42-28(37)33-17-11-31-27(32-12-17)36(4)44(6,38)39/h7-13,15-16H,1-6H3,(H,33,37)/t15-,16+/m0/s1. The van der Waals surface area contributed by atoms with Gasteiger partial charge in [-0.2, -0.15) is 0 Å². The van der Waals surface area contributed by atoms with Gasteiger partial charge in [0.1, 0.15) is 17.2 Å².